The lowest BCUT2D eigenvalue weighted by atomic mass is 10.1. The van der Waals surface area contributed by atoms with Crippen molar-refractivity contribution >= 4 is 22.7 Å². The van der Waals surface area contributed by atoms with Gasteiger partial charge in [0.25, 0.3) is 11.5 Å². The van der Waals surface area contributed by atoms with Crippen molar-refractivity contribution in [1.82, 2.24) is 19.7 Å². The number of hydrogen-bond donors (Lipinski definition) is 2. The molecule has 0 unspecified atom stereocenters. The molecule has 35 heavy (non-hydrogen) atoms. The Labute approximate surface area is 197 Å². The summed E-state index contributed by atoms with van der Waals surface area (Å²) < 4.78 is 12.5. The summed E-state index contributed by atoms with van der Waals surface area (Å²) in [5.41, 5.74) is 1.92. The van der Waals surface area contributed by atoms with Crippen LogP contribution in [0, 0.1) is 0 Å². The number of amides is 1. The van der Waals surface area contributed by atoms with Crippen LogP contribution in [0.1, 0.15) is 10.6 Å². The minimum Gasteiger partial charge on any atom is -0.463 e. The van der Waals surface area contributed by atoms with Crippen LogP contribution < -0.4 is 10.9 Å². The molecule has 0 saturated heterocycles. The lowest BCUT2D eigenvalue weighted by Crippen LogP contribution is -2.18. The number of H-pyrrole nitrogens is 1. The number of nitrogens with zero attached hydrogens (tertiary/aromatic N) is 3. The number of carbonyl (C=O) groups is 1. The van der Waals surface area contributed by atoms with Gasteiger partial charge in [-0.2, -0.15) is 9.78 Å². The summed E-state index contributed by atoms with van der Waals surface area (Å²) in [6.45, 7) is 0. The molecule has 9 nitrogen and oxygen atoms in total. The van der Waals surface area contributed by atoms with E-state index in [4.69, 9.17) is 8.83 Å². The number of hydrogen-bond acceptors (Lipinski definition) is 6. The van der Waals surface area contributed by atoms with E-state index >= 15 is 0 Å². The number of carbonyl (C=O) groups excluding carboxylic acids is 1. The van der Waals surface area contributed by atoms with Crippen molar-refractivity contribution in [2.45, 2.75) is 0 Å². The van der Waals surface area contributed by atoms with E-state index in [-0.39, 0.29) is 23.1 Å². The number of aromatic amines is 1. The molecule has 0 fully saturated rings. The normalized spacial score (nSPS) is 11.1. The molecule has 1 amide bonds. The van der Waals surface area contributed by atoms with Gasteiger partial charge in [-0.3, -0.25) is 14.6 Å². The molecule has 0 bridgehead atoms. The highest BCUT2D eigenvalue weighted by molar-refractivity contribution is 6.04. The summed E-state index contributed by atoms with van der Waals surface area (Å²) in [5.74, 6) is 0.557. The largest absolute Gasteiger partial charge is 0.463 e. The number of fused-ring (bicyclic) bond motifs is 1. The molecule has 4 aromatic heterocycles. The molecule has 0 aliphatic carbocycles. The Hall–Kier alpha value is -5.18. The molecule has 2 aromatic carbocycles. The molecule has 6 aromatic rings. The lowest BCUT2D eigenvalue weighted by Gasteiger charge is -2.08. The fourth-order valence-corrected chi connectivity index (χ4v) is 3.75. The van der Waals surface area contributed by atoms with Crippen molar-refractivity contribution in [2.24, 2.45) is 0 Å². The van der Waals surface area contributed by atoms with E-state index in [9.17, 15) is 9.59 Å². The Morgan fingerprint density at radius 1 is 0.914 bits per heavy atom. The first-order chi connectivity index (χ1) is 17.1. The average molecular weight is 463 g/mol. The Morgan fingerprint density at radius 3 is 2.54 bits per heavy atom. The quantitative estimate of drug-likeness (QED) is 0.376. The summed E-state index contributed by atoms with van der Waals surface area (Å²) in [7, 11) is 0. The first-order valence-corrected chi connectivity index (χ1v) is 10.7. The molecular formula is C26H17N5O4. The zero-order valence-electron chi connectivity index (χ0n) is 18.1. The Balaban J connectivity index is 1.44. The molecule has 2 N–H and O–H groups in total. The Bertz CT molecular complexity index is 1680. The average Bonchev–Trinajstić information content (AvgIpc) is 3.63. The van der Waals surface area contributed by atoms with Crippen LogP contribution in [0.15, 0.2) is 105 Å². The number of aromatic nitrogens is 4. The topological polar surface area (TPSA) is 119 Å². The van der Waals surface area contributed by atoms with E-state index in [0.29, 0.717) is 22.7 Å². The van der Waals surface area contributed by atoms with Crippen LogP contribution in [0.5, 0.6) is 0 Å². The van der Waals surface area contributed by atoms with Crippen molar-refractivity contribution in [3.63, 3.8) is 0 Å². The van der Waals surface area contributed by atoms with Crippen LogP contribution in [0.25, 0.3) is 39.6 Å². The second-order valence-electron chi connectivity index (χ2n) is 7.73. The van der Waals surface area contributed by atoms with Gasteiger partial charge in [-0.15, -0.1) is 0 Å². The van der Waals surface area contributed by atoms with Crippen LogP contribution in [-0.4, -0.2) is 25.7 Å². The number of rotatable bonds is 5. The highest BCUT2D eigenvalue weighted by Crippen LogP contribution is 2.26. The van der Waals surface area contributed by atoms with Crippen LogP contribution in [0.3, 0.4) is 0 Å². The van der Waals surface area contributed by atoms with Gasteiger partial charge < -0.3 is 14.2 Å². The molecule has 0 atom stereocenters. The first-order valence-electron chi connectivity index (χ1n) is 10.7. The molecule has 170 valence electrons. The second kappa shape index (κ2) is 8.31. The van der Waals surface area contributed by atoms with Crippen molar-refractivity contribution in [3.8, 4) is 28.7 Å². The van der Waals surface area contributed by atoms with E-state index in [1.54, 1.807) is 30.3 Å². The van der Waals surface area contributed by atoms with E-state index < -0.39 is 5.91 Å². The van der Waals surface area contributed by atoms with Gasteiger partial charge in [-0.25, -0.2) is 4.98 Å². The van der Waals surface area contributed by atoms with Crippen LogP contribution in [0.2, 0.25) is 0 Å². The minimum absolute atomic E-state index is 0.133. The lowest BCUT2D eigenvalue weighted by molar-refractivity contribution is 0.0998. The van der Waals surface area contributed by atoms with Gasteiger partial charge in [0.2, 0.25) is 5.95 Å². The fraction of sp³-hybridized carbons (Fsp3) is 0. The molecule has 4 heterocycles. The predicted molar refractivity (Wildman–Crippen MR) is 129 cm³/mol. The smallest absolute Gasteiger partial charge is 0.292 e. The highest BCUT2D eigenvalue weighted by Gasteiger charge is 2.20. The Kier molecular flexibility index (Phi) is 4.85. The van der Waals surface area contributed by atoms with Gasteiger partial charge in [0.05, 0.1) is 12.0 Å². The number of para-hydroxylation sites is 1. The molecule has 0 spiro atoms. The van der Waals surface area contributed by atoms with Crippen LogP contribution >= 0.6 is 0 Å². The van der Waals surface area contributed by atoms with Crippen LogP contribution in [-0.2, 0) is 0 Å². The third kappa shape index (κ3) is 3.91. The maximum Gasteiger partial charge on any atom is 0.292 e. The zero-order valence-corrected chi connectivity index (χ0v) is 18.1. The minimum atomic E-state index is -0.477. The van der Waals surface area contributed by atoms with Gasteiger partial charge in [-0.05, 0) is 24.3 Å². The first kappa shape index (κ1) is 20.4. The predicted octanol–water partition coefficient (Wildman–Crippen LogP) is 4.88. The maximum absolute atomic E-state index is 13.1. The third-order valence-corrected chi connectivity index (χ3v) is 5.37. The van der Waals surface area contributed by atoms with Gasteiger partial charge in [0.1, 0.15) is 17.1 Å². The van der Waals surface area contributed by atoms with Crippen molar-refractivity contribution in [3.05, 3.63) is 107 Å². The van der Waals surface area contributed by atoms with E-state index in [1.807, 2.05) is 48.5 Å². The number of nitrogens with one attached hydrogen (secondary N) is 2. The monoisotopic (exact) mass is 463 g/mol. The molecule has 9 heteroatoms. The summed E-state index contributed by atoms with van der Waals surface area (Å²) in [5, 5.41) is 8.15. The van der Waals surface area contributed by atoms with E-state index in [0.717, 1.165) is 10.9 Å². The van der Waals surface area contributed by atoms with Gasteiger partial charge in [0.15, 0.2) is 11.5 Å². The van der Waals surface area contributed by atoms with Crippen molar-refractivity contribution in [2.75, 3.05) is 5.32 Å². The molecule has 0 saturated carbocycles. The van der Waals surface area contributed by atoms with Gasteiger partial charge >= 0.3 is 0 Å². The highest BCUT2D eigenvalue weighted by atomic mass is 16.3. The number of anilines is 1. The van der Waals surface area contributed by atoms with Crippen molar-refractivity contribution in [1.29, 1.82) is 0 Å². The summed E-state index contributed by atoms with van der Waals surface area (Å²) in [4.78, 5) is 32.8. The summed E-state index contributed by atoms with van der Waals surface area (Å²) in [6, 6.07) is 24.8. The second-order valence-corrected chi connectivity index (χ2v) is 7.73. The van der Waals surface area contributed by atoms with E-state index in [1.165, 1.54) is 17.0 Å². The molecule has 0 radical (unpaired) electrons. The van der Waals surface area contributed by atoms with Crippen molar-refractivity contribution < 1.29 is 13.6 Å². The standard InChI is InChI=1S/C26H17N5O4/c32-24-15-18(16-7-2-1-3-8-16)27-26(29-24)31-23(14-19(30-31)21-11-6-12-34-21)28-25(33)22-13-17-9-4-5-10-20(17)35-22/h1-15H,(H,28,33)(H,27,29,32). The van der Waals surface area contributed by atoms with Gasteiger partial charge in [-0.1, -0.05) is 48.5 Å². The van der Waals surface area contributed by atoms with Gasteiger partial charge in [0, 0.05) is 23.1 Å². The van der Waals surface area contributed by atoms with Crippen LogP contribution in [0.4, 0.5) is 5.82 Å². The summed E-state index contributed by atoms with van der Waals surface area (Å²) >= 11 is 0. The number of benzene rings is 2. The number of furan rings is 2. The molecule has 6 rings (SSSR count). The Morgan fingerprint density at radius 2 is 1.74 bits per heavy atom. The maximum atomic E-state index is 13.1. The zero-order chi connectivity index (χ0) is 23.8. The third-order valence-electron chi connectivity index (χ3n) is 5.37. The molecular weight excluding hydrogens is 446 g/mol. The molecule has 0 aliphatic rings. The fourth-order valence-electron chi connectivity index (χ4n) is 3.75. The SMILES string of the molecule is O=C(Nc1cc(-c2ccco2)nn1-c1nc(-c2ccccc2)cc(=O)[nH]1)c1cc2ccccc2o1. The van der Waals surface area contributed by atoms with E-state index in [2.05, 4.69) is 20.4 Å². The summed E-state index contributed by atoms with van der Waals surface area (Å²) in [6.07, 6.45) is 1.52. The molecule has 0 aliphatic heterocycles.